The molecule has 2 aromatic rings. The number of nitrogens with two attached hydrogens (primary N) is 1. The smallest absolute Gasteiger partial charge is 0.128 e. The monoisotopic (exact) mass is 242 g/mol. The summed E-state index contributed by atoms with van der Waals surface area (Å²) in [5.41, 5.74) is 8.42. The van der Waals surface area contributed by atoms with E-state index in [0.29, 0.717) is 5.69 Å². The van der Waals surface area contributed by atoms with E-state index < -0.39 is 0 Å². The lowest BCUT2D eigenvalue weighted by Gasteiger charge is -2.21. The SMILES string of the molecule is CCN(Cc1cccc(C)n1)c1ccc(N)cn1. The summed E-state index contributed by atoms with van der Waals surface area (Å²) in [7, 11) is 0. The molecule has 0 aliphatic rings. The van der Waals surface area contributed by atoms with Crippen molar-refractivity contribution in [3.05, 3.63) is 47.9 Å². The van der Waals surface area contributed by atoms with Gasteiger partial charge in [-0.3, -0.25) is 4.98 Å². The Hall–Kier alpha value is -2.10. The topological polar surface area (TPSA) is 55.0 Å². The number of nitrogens with zero attached hydrogens (tertiary/aromatic N) is 3. The second-order valence-corrected chi connectivity index (χ2v) is 4.23. The standard InChI is InChI=1S/C14H18N4/c1-3-18(14-8-7-12(15)9-16-14)10-13-6-4-5-11(2)17-13/h4-9H,3,10,15H2,1-2H3. The minimum Gasteiger partial charge on any atom is -0.397 e. The summed E-state index contributed by atoms with van der Waals surface area (Å²) in [4.78, 5) is 11.0. The van der Waals surface area contributed by atoms with Crippen LogP contribution < -0.4 is 10.6 Å². The van der Waals surface area contributed by atoms with Crippen molar-refractivity contribution in [1.82, 2.24) is 9.97 Å². The van der Waals surface area contributed by atoms with Crippen molar-refractivity contribution in [3.63, 3.8) is 0 Å². The molecule has 0 bridgehead atoms. The molecule has 2 aromatic heterocycles. The van der Waals surface area contributed by atoms with Gasteiger partial charge in [0.2, 0.25) is 0 Å². The predicted molar refractivity (Wildman–Crippen MR) is 74.3 cm³/mol. The number of anilines is 2. The van der Waals surface area contributed by atoms with Crippen molar-refractivity contribution >= 4 is 11.5 Å². The molecule has 2 N–H and O–H groups in total. The molecule has 0 aliphatic heterocycles. The predicted octanol–water partition coefficient (Wildman–Crippen LogP) is 2.39. The molecule has 0 atom stereocenters. The molecule has 94 valence electrons. The van der Waals surface area contributed by atoms with Crippen LogP contribution in [0.4, 0.5) is 11.5 Å². The fourth-order valence-corrected chi connectivity index (χ4v) is 1.82. The number of hydrogen-bond donors (Lipinski definition) is 1. The summed E-state index contributed by atoms with van der Waals surface area (Å²) in [6.45, 7) is 5.75. The summed E-state index contributed by atoms with van der Waals surface area (Å²) in [6, 6.07) is 9.87. The third kappa shape index (κ3) is 2.97. The molecule has 0 radical (unpaired) electrons. The molecule has 0 amide bonds. The van der Waals surface area contributed by atoms with Crippen LogP contribution in [0.5, 0.6) is 0 Å². The van der Waals surface area contributed by atoms with Gasteiger partial charge in [-0.1, -0.05) is 6.07 Å². The van der Waals surface area contributed by atoms with Crippen molar-refractivity contribution in [2.75, 3.05) is 17.2 Å². The first-order valence-electron chi connectivity index (χ1n) is 6.08. The van der Waals surface area contributed by atoms with Gasteiger partial charge in [-0.2, -0.15) is 0 Å². The molecule has 2 rings (SSSR count). The Labute approximate surface area is 107 Å². The number of aromatic nitrogens is 2. The number of hydrogen-bond acceptors (Lipinski definition) is 4. The second kappa shape index (κ2) is 5.49. The average molecular weight is 242 g/mol. The highest BCUT2D eigenvalue weighted by Crippen LogP contribution is 2.14. The Bertz CT molecular complexity index is 507. The molecule has 4 nitrogen and oxygen atoms in total. The molecular formula is C14H18N4. The third-order valence-electron chi connectivity index (χ3n) is 2.78. The quantitative estimate of drug-likeness (QED) is 0.894. The van der Waals surface area contributed by atoms with E-state index in [1.54, 1.807) is 6.20 Å². The van der Waals surface area contributed by atoms with Crippen LogP contribution >= 0.6 is 0 Å². The molecular weight excluding hydrogens is 224 g/mol. The summed E-state index contributed by atoms with van der Waals surface area (Å²) in [5, 5.41) is 0. The van der Waals surface area contributed by atoms with Gasteiger partial charge in [-0.05, 0) is 38.1 Å². The molecule has 0 saturated heterocycles. The molecule has 2 heterocycles. The van der Waals surface area contributed by atoms with Crippen molar-refractivity contribution < 1.29 is 0 Å². The first kappa shape index (κ1) is 12.4. The molecule has 0 aromatic carbocycles. The zero-order valence-electron chi connectivity index (χ0n) is 10.8. The van der Waals surface area contributed by atoms with Gasteiger partial charge in [0.05, 0.1) is 24.1 Å². The Morgan fingerprint density at radius 3 is 2.67 bits per heavy atom. The molecule has 0 aliphatic carbocycles. The summed E-state index contributed by atoms with van der Waals surface area (Å²) >= 11 is 0. The van der Waals surface area contributed by atoms with E-state index in [2.05, 4.69) is 21.8 Å². The molecule has 0 spiro atoms. The largest absolute Gasteiger partial charge is 0.397 e. The van der Waals surface area contributed by atoms with Crippen LogP contribution in [0.15, 0.2) is 36.5 Å². The van der Waals surface area contributed by atoms with Gasteiger partial charge >= 0.3 is 0 Å². The van der Waals surface area contributed by atoms with E-state index in [1.165, 1.54) is 0 Å². The lowest BCUT2D eigenvalue weighted by atomic mass is 10.3. The minimum atomic E-state index is 0.684. The van der Waals surface area contributed by atoms with E-state index in [0.717, 1.165) is 30.3 Å². The summed E-state index contributed by atoms with van der Waals surface area (Å²) in [5.74, 6) is 0.926. The van der Waals surface area contributed by atoms with E-state index in [4.69, 9.17) is 5.73 Å². The summed E-state index contributed by atoms with van der Waals surface area (Å²) in [6.07, 6.45) is 1.68. The van der Waals surface area contributed by atoms with E-state index >= 15 is 0 Å². The van der Waals surface area contributed by atoms with Crippen molar-refractivity contribution in [2.24, 2.45) is 0 Å². The Morgan fingerprint density at radius 2 is 2.06 bits per heavy atom. The highest BCUT2D eigenvalue weighted by Gasteiger charge is 2.07. The van der Waals surface area contributed by atoms with E-state index in [1.807, 2.05) is 37.3 Å². The molecule has 4 heteroatoms. The van der Waals surface area contributed by atoms with E-state index in [9.17, 15) is 0 Å². The van der Waals surface area contributed by atoms with Gasteiger partial charge in [0.1, 0.15) is 5.82 Å². The normalized spacial score (nSPS) is 10.3. The first-order valence-corrected chi connectivity index (χ1v) is 6.08. The first-order chi connectivity index (χ1) is 8.69. The molecule has 18 heavy (non-hydrogen) atoms. The second-order valence-electron chi connectivity index (χ2n) is 4.23. The highest BCUT2D eigenvalue weighted by molar-refractivity contribution is 5.45. The van der Waals surface area contributed by atoms with Crippen LogP contribution in [-0.4, -0.2) is 16.5 Å². The molecule has 0 fully saturated rings. The maximum absolute atomic E-state index is 5.65. The molecule has 0 saturated carbocycles. The van der Waals surface area contributed by atoms with Crippen LogP contribution in [0.25, 0.3) is 0 Å². The van der Waals surface area contributed by atoms with Gasteiger partial charge in [0.25, 0.3) is 0 Å². The van der Waals surface area contributed by atoms with Gasteiger partial charge < -0.3 is 10.6 Å². The van der Waals surface area contributed by atoms with Gasteiger partial charge in [-0.15, -0.1) is 0 Å². The number of rotatable bonds is 4. The fourth-order valence-electron chi connectivity index (χ4n) is 1.82. The molecule has 0 unspecified atom stereocenters. The Balaban J connectivity index is 2.17. The van der Waals surface area contributed by atoms with Crippen LogP contribution in [0.2, 0.25) is 0 Å². The minimum absolute atomic E-state index is 0.684. The van der Waals surface area contributed by atoms with Crippen LogP contribution in [0.1, 0.15) is 18.3 Å². The lowest BCUT2D eigenvalue weighted by molar-refractivity contribution is 0.791. The summed E-state index contributed by atoms with van der Waals surface area (Å²) < 4.78 is 0. The average Bonchev–Trinajstić information content (AvgIpc) is 2.37. The zero-order valence-corrected chi connectivity index (χ0v) is 10.8. The fraction of sp³-hybridized carbons (Fsp3) is 0.286. The third-order valence-corrected chi connectivity index (χ3v) is 2.78. The van der Waals surface area contributed by atoms with Crippen molar-refractivity contribution in [1.29, 1.82) is 0 Å². The highest BCUT2D eigenvalue weighted by atomic mass is 15.2. The maximum atomic E-state index is 5.65. The van der Waals surface area contributed by atoms with Crippen LogP contribution in [0.3, 0.4) is 0 Å². The number of nitrogen functional groups attached to an aromatic ring is 1. The van der Waals surface area contributed by atoms with Gasteiger partial charge in [0.15, 0.2) is 0 Å². The van der Waals surface area contributed by atoms with E-state index in [-0.39, 0.29) is 0 Å². The maximum Gasteiger partial charge on any atom is 0.128 e. The van der Waals surface area contributed by atoms with Gasteiger partial charge in [0, 0.05) is 12.2 Å². The van der Waals surface area contributed by atoms with Crippen molar-refractivity contribution in [2.45, 2.75) is 20.4 Å². The lowest BCUT2D eigenvalue weighted by Crippen LogP contribution is -2.23. The van der Waals surface area contributed by atoms with Crippen LogP contribution in [-0.2, 0) is 6.54 Å². The van der Waals surface area contributed by atoms with Gasteiger partial charge in [-0.25, -0.2) is 4.98 Å². The number of aryl methyl sites for hydroxylation is 1. The number of pyridine rings is 2. The zero-order chi connectivity index (χ0) is 13.0. The Morgan fingerprint density at radius 1 is 1.22 bits per heavy atom. The van der Waals surface area contributed by atoms with Crippen molar-refractivity contribution in [3.8, 4) is 0 Å². The van der Waals surface area contributed by atoms with Crippen LogP contribution in [0, 0.1) is 6.92 Å². The Kier molecular flexibility index (Phi) is 3.77.